The number of guanidine groups is 1. The van der Waals surface area contributed by atoms with Crippen LogP contribution >= 0.6 is 24.0 Å². The predicted molar refractivity (Wildman–Crippen MR) is 94.0 cm³/mol. The summed E-state index contributed by atoms with van der Waals surface area (Å²) < 4.78 is 18.2. The average Bonchev–Trinajstić information content (AvgIpc) is 3.28. The molecule has 0 saturated heterocycles. The van der Waals surface area contributed by atoms with Crippen molar-refractivity contribution in [3.05, 3.63) is 30.1 Å². The molecular weight excluding hydrogens is 384 g/mol. The summed E-state index contributed by atoms with van der Waals surface area (Å²) in [5.41, 5.74) is 0. The summed E-state index contributed by atoms with van der Waals surface area (Å²) in [6, 6.07) is 6.08. The molecule has 1 fully saturated rings. The standard InChI is InChI=1S/C15H22FN3O.HI/c1-17-15(19-11-12-3-4-12)18-9-2-10-20-14-7-5-13(16)6-8-14;/h5-8,12H,2-4,9-11H2,1H3,(H2,17,18,19);1H. The van der Waals surface area contributed by atoms with Crippen LogP contribution in [0.5, 0.6) is 5.75 Å². The number of aliphatic imine (C=N–C) groups is 1. The Morgan fingerprint density at radius 3 is 2.62 bits per heavy atom. The van der Waals surface area contributed by atoms with Crippen LogP contribution in [0.4, 0.5) is 4.39 Å². The highest BCUT2D eigenvalue weighted by Crippen LogP contribution is 2.27. The van der Waals surface area contributed by atoms with E-state index in [9.17, 15) is 4.39 Å². The summed E-state index contributed by atoms with van der Waals surface area (Å²) >= 11 is 0. The summed E-state index contributed by atoms with van der Waals surface area (Å²) in [5.74, 6) is 2.13. The zero-order valence-corrected chi connectivity index (χ0v) is 14.6. The second-order valence-electron chi connectivity index (χ2n) is 4.98. The molecule has 0 amide bonds. The first kappa shape index (κ1) is 18.0. The van der Waals surface area contributed by atoms with Gasteiger partial charge in [-0.2, -0.15) is 0 Å². The molecule has 2 rings (SSSR count). The number of hydrogen-bond acceptors (Lipinski definition) is 2. The molecule has 0 spiro atoms. The predicted octanol–water partition coefficient (Wildman–Crippen LogP) is 2.79. The quantitative estimate of drug-likeness (QED) is 0.316. The van der Waals surface area contributed by atoms with Crippen LogP contribution in [0.25, 0.3) is 0 Å². The highest BCUT2D eigenvalue weighted by atomic mass is 127. The molecule has 0 radical (unpaired) electrons. The van der Waals surface area contributed by atoms with Crippen LogP contribution in [0, 0.1) is 11.7 Å². The normalized spacial score (nSPS) is 14.3. The van der Waals surface area contributed by atoms with Crippen LogP contribution in [0.15, 0.2) is 29.3 Å². The molecule has 1 aromatic carbocycles. The molecule has 6 heteroatoms. The van der Waals surface area contributed by atoms with E-state index in [2.05, 4.69) is 15.6 Å². The summed E-state index contributed by atoms with van der Waals surface area (Å²) in [6.45, 7) is 2.40. The van der Waals surface area contributed by atoms with Crippen molar-refractivity contribution >= 4 is 29.9 Å². The van der Waals surface area contributed by atoms with Gasteiger partial charge in [0, 0.05) is 20.1 Å². The average molecular weight is 407 g/mol. The highest BCUT2D eigenvalue weighted by molar-refractivity contribution is 14.0. The summed E-state index contributed by atoms with van der Waals surface area (Å²) in [6.07, 6.45) is 3.52. The first-order valence-corrected chi connectivity index (χ1v) is 7.11. The number of rotatable bonds is 7. The van der Waals surface area contributed by atoms with Gasteiger partial charge < -0.3 is 15.4 Å². The molecule has 1 aliphatic rings. The van der Waals surface area contributed by atoms with Gasteiger partial charge in [-0.15, -0.1) is 24.0 Å². The van der Waals surface area contributed by atoms with E-state index in [4.69, 9.17) is 4.74 Å². The maximum atomic E-state index is 12.7. The molecule has 0 unspecified atom stereocenters. The second-order valence-corrected chi connectivity index (χ2v) is 4.98. The van der Waals surface area contributed by atoms with Crippen molar-refractivity contribution in [3.8, 4) is 5.75 Å². The Balaban J connectivity index is 0.00000220. The van der Waals surface area contributed by atoms with E-state index >= 15 is 0 Å². The van der Waals surface area contributed by atoms with Crippen molar-refractivity contribution < 1.29 is 9.13 Å². The van der Waals surface area contributed by atoms with Crippen molar-refractivity contribution in [2.75, 3.05) is 26.7 Å². The SMILES string of the molecule is CN=C(NCCCOc1ccc(F)cc1)NCC1CC1.I. The number of hydrogen-bond donors (Lipinski definition) is 2. The minimum Gasteiger partial charge on any atom is -0.494 e. The first-order chi connectivity index (χ1) is 9.78. The Hall–Kier alpha value is -1.05. The molecule has 1 aromatic rings. The molecule has 0 bridgehead atoms. The van der Waals surface area contributed by atoms with Crippen molar-refractivity contribution in [1.29, 1.82) is 0 Å². The molecule has 1 saturated carbocycles. The van der Waals surface area contributed by atoms with Crippen molar-refractivity contribution in [1.82, 2.24) is 10.6 Å². The van der Waals surface area contributed by atoms with Gasteiger partial charge in [0.15, 0.2) is 5.96 Å². The van der Waals surface area contributed by atoms with Crippen LogP contribution in [0.2, 0.25) is 0 Å². The Morgan fingerprint density at radius 1 is 1.29 bits per heavy atom. The molecule has 0 aliphatic heterocycles. The third-order valence-electron chi connectivity index (χ3n) is 3.17. The highest BCUT2D eigenvalue weighted by Gasteiger charge is 2.20. The Morgan fingerprint density at radius 2 is 2.00 bits per heavy atom. The summed E-state index contributed by atoms with van der Waals surface area (Å²) in [7, 11) is 1.78. The molecule has 4 nitrogen and oxygen atoms in total. The van der Waals surface area contributed by atoms with Crippen molar-refractivity contribution in [2.45, 2.75) is 19.3 Å². The smallest absolute Gasteiger partial charge is 0.190 e. The summed E-state index contributed by atoms with van der Waals surface area (Å²) in [4.78, 5) is 4.17. The van der Waals surface area contributed by atoms with E-state index in [1.54, 1.807) is 19.2 Å². The second kappa shape index (κ2) is 9.81. The van der Waals surface area contributed by atoms with Gasteiger partial charge in [-0.3, -0.25) is 4.99 Å². The largest absolute Gasteiger partial charge is 0.494 e. The monoisotopic (exact) mass is 407 g/mol. The van der Waals surface area contributed by atoms with Gasteiger partial charge in [0.2, 0.25) is 0 Å². The third-order valence-corrected chi connectivity index (χ3v) is 3.17. The fraction of sp³-hybridized carbons (Fsp3) is 0.533. The van der Waals surface area contributed by atoms with Crippen LogP contribution in [-0.2, 0) is 0 Å². The van der Waals surface area contributed by atoms with E-state index in [1.807, 2.05) is 0 Å². The zero-order chi connectivity index (χ0) is 14.2. The van der Waals surface area contributed by atoms with Crippen LogP contribution in [-0.4, -0.2) is 32.7 Å². The van der Waals surface area contributed by atoms with E-state index in [0.29, 0.717) is 12.4 Å². The van der Waals surface area contributed by atoms with Gasteiger partial charge >= 0.3 is 0 Å². The van der Waals surface area contributed by atoms with E-state index in [-0.39, 0.29) is 29.8 Å². The number of ether oxygens (including phenoxy) is 1. The van der Waals surface area contributed by atoms with Gasteiger partial charge in [-0.05, 0) is 49.4 Å². The molecule has 118 valence electrons. The number of nitrogens with zero attached hydrogens (tertiary/aromatic N) is 1. The van der Waals surface area contributed by atoms with Gasteiger partial charge in [0.05, 0.1) is 6.61 Å². The molecule has 0 atom stereocenters. The van der Waals surface area contributed by atoms with E-state index in [1.165, 1.54) is 25.0 Å². The maximum absolute atomic E-state index is 12.7. The van der Waals surface area contributed by atoms with Crippen molar-refractivity contribution in [2.24, 2.45) is 10.9 Å². The van der Waals surface area contributed by atoms with Gasteiger partial charge in [-0.1, -0.05) is 0 Å². The molecular formula is C15H23FIN3O. The van der Waals surface area contributed by atoms with E-state index in [0.717, 1.165) is 31.4 Å². The van der Waals surface area contributed by atoms with Crippen LogP contribution in [0.3, 0.4) is 0 Å². The number of halogens is 2. The third kappa shape index (κ3) is 7.50. The molecule has 21 heavy (non-hydrogen) atoms. The topological polar surface area (TPSA) is 45.7 Å². The minimum atomic E-state index is -0.246. The summed E-state index contributed by atoms with van der Waals surface area (Å²) in [5, 5.41) is 6.55. The molecule has 0 heterocycles. The van der Waals surface area contributed by atoms with E-state index < -0.39 is 0 Å². The fourth-order valence-electron chi connectivity index (χ4n) is 1.78. The maximum Gasteiger partial charge on any atom is 0.190 e. The zero-order valence-electron chi connectivity index (χ0n) is 12.3. The number of benzene rings is 1. The molecule has 2 N–H and O–H groups in total. The minimum absolute atomic E-state index is 0. The Kier molecular flexibility index (Phi) is 8.41. The van der Waals surface area contributed by atoms with Gasteiger partial charge in [0.25, 0.3) is 0 Å². The van der Waals surface area contributed by atoms with Gasteiger partial charge in [0.1, 0.15) is 11.6 Å². The van der Waals surface area contributed by atoms with Crippen LogP contribution in [0.1, 0.15) is 19.3 Å². The van der Waals surface area contributed by atoms with Gasteiger partial charge in [-0.25, -0.2) is 4.39 Å². The number of nitrogens with one attached hydrogen (secondary N) is 2. The lowest BCUT2D eigenvalue weighted by atomic mass is 10.3. The molecule has 0 aromatic heterocycles. The fourth-order valence-corrected chi connectivity index (χ4v) is 1.78. The lowest BCUT2D eigenvalue weighted by Crippen LogP contribution is -2.39. The Labute approximate surface area is 142 Å². The first-order valence-electron chi connectivity index (χ1n) is 7.11. The lowest BCUT2D eigenvalue weighted by Gasteiger charge is -2.11. The van der Waals surface area contributed by atoms with Crippen LogP contribution < -0.4 is 15.4 Å². The Bertz CT molecular complexity index is 435. The van der Waals surface area contributed by atoms with Crippen molar-refractivity contribution in [3.63, 3.8) is 0 Å². The molecule has 1 aliphatic carbocycles. The lowest BCUT2D eigenvalue weighted by molar-refractivity contribution is 0.310.